The third kappa shape index (κ3) is 3.60. The van der Waals surface area contributed by atoms with Gasteiger partial charge in [-0.15, -0.1) is 10.2 Å². The number of halogens is 2. The lowest BCUT2D eigenvalue weighted by molar-refractivity contribution is 0.435. The van der Waals surface area contributed by atoms with Crippen molar-refractivity contribution >= 4 is 28.9 Å². The molecule has 22 heavy (non-hydrogen) atoms. The number of para-hydroxylation sites is 1. The van der Waals surface area contributed by atoms with Gasteiger partial charge in [-0.3, -0.25) is 0 Å². The molecule has 1 heterocycles. The summed E-state index contributed by atoms with van der Waals surface area (Å²) >= 11 is 12.0. The van der Waals surface area contributed by atoms with Crippen LogP contribution < -0.4 is 4.74 Å². The van der Waals surface area contributed by atoms with E-state index in [1.807, 2.05) is 32.9 Å². The predicted octanol–water partition coefficient (Wildman–Crippen LogP) is 5.82. The second kappa shape index (κ2) is 6.40. The summed E-state index contributed by atoms with van der Waals surface area (Å²) in [6, 6.07) is 6.84. The van der Waals surface area contributed by atoms with Crippen LogP contribution in [0.3, 0.4) is 0 Å². The summed E-state index contributed by atoms with van der Waals surface area (Å²) in [5, 5.41) is 11.6. The Balaban J connectivity index is 2.55. The molecule has 0 amide bonds. The smallest absolute Gasteiger partial charge is 0.248 e. The van der Waals surface area contributed by atoms with E-state index < -0.39 is 0 Å². The highest BCUT2D eigenvalue weighted by Crippen LogP contribution is 2.41. The van der Waals surface area contributed by atoms with Crippen LogP contribution in [0.15, 0.2) is 29.4 Å². The lowest BCUT2D eigenvalue weighted by atomic mass is 9.86. The van der Waals surface area contributed by atoms with Gasteiger partial charge in [0.15, 0.2) is 10.9 Å². The Labute approximate surface area is 137 Å². The van der Waals surface area contributed by atoms with Gasteiger partial charge in [0, 0.05) is 10.5 Å². The van der Waals surface area contributed by atoms with Crippen LogP contribution in [-0.2, 0) is 5.41 Å². The molecule has 0 aliphatic rings. The average Bonchev–Trinajstić information content (AvgIpc) is 2.42. The summed E-state index contributed by atoms with van der Waals surface area (Å²) in [5.74, 6) is 0.489. The summed E-state index contributed by atoms with van der Waals surface area (Å²) in [6.45, 7) is 6.11. The number of ether oxygens (including phenoxy) is 1. The summed E-state index contributed by atoms with van der Waals surface area (Å²) < 4.78 is 5.78. The number of hydrogen-bond donors (Lipinski definition) is 0. The molecule has 0 spiro atoms. The van der Waals surface area contributed by atoms with Gasteiger partial charge in [0.05, 0.1) is 5.02 Å². The van der Waals surface area contributed by atoms with Crippen molar-refractivity contribution in [2.75, 3.05) is 0 Å². The molecule has 2 rings (SSSR count). The van der Waals surface area contributed by atoms with Crippen molar-refractivity contribution in [1.82, 2.24) is 10.2 Å². The molecule has 0 bridgehead atoms. The summed E-state index contributed by atoms with van der Waals surface area (Å²) in [4.78, 5) is 2.73. The summed E-state index contributed by atoms with van der Waals surface area (Å²) in [6.07, 6.45) is 0. The second-order valence-corrected chi connectivity index (χ2v) is 6.31. The maximum atomic E-state index is 8.63. The Morgan fingerprint density at radius 1 is 1.23 bits per heavy atom. The molecule has 0 radical (unpaired) electrons. The molecule has 0 fully saturated rings. The Morgan fingerprint density at radius 2 is 1.95 bits per heavy atom. The van der Waals surface area contributed by atoms with Crippen molar-refractivity contribution < 1.29 is 4.74 Å². The first-order valence-corrected chi connectivity index (χ1v) is 7.13. The van der Waals surface area contributed by atoms with Crippen LogP contribution >= 0.6 is 23.2 Å². The first-order chi connectivity index (χ1) is 10.3. The van der Waals surface area contributed by atoms with Crippen LogP contribution in [0, 0.1) is 0 Å². The zero-order valence-corrected chi connectivity index (χ0v) is 13.7. The minimum Gasteiger partial charge on any atom is -0.435 e. The van der Waals surface area contributed by atoms with E-state index in [1.165, 1.54) is 6.07 Å². The van der Waals surface area contributed by atoms with Crippen molar-refractivity contribution in [3.63, 3.8) is 0 Å². The number of hydrogen-bond acceptors (Lipinski definition) is 4. The molecule has 1 aromatic carbocycles. The van der Waals surface area contributed by atoms with E-state index in [4.69, 9.17) is 33.5 Å². The van der Waals surface area contributed by atoms with Gasteiger partial charge >= 0.3 is 0 Å². The quantitative estimate of drug-likeness (QED) is 0.402. The van der Waals surface area contributed by atoms with Crippen LogP contribution in [0.2, 0.25) is 10.2 Å². The van der Waals surface area contributed by atoms with Gasteiger partial charge in [0.2, 0.25) is 5.88 Å². The van der Waals surface area contributed by atoms with Gasteiger partial charge in [0.25, 0.3) is 0 Å². The molecule has 1 aromatic heterocycles. The van der Waals surface area contributed by atoms with Crippen LogP contribution in [0.4, 0.5) is 5.69 Å². The van der Waals surface area contributed by atoms with Gasteiger partial charge in [-0.2, -0.15) is 0 Å². The third-order valence-electron chi connectivity index (χ3n) is 2.84. The fourth-order valence-corrected chi connectivity index (χ4v) is 2.19. The largest absolute Gasteiger partial charge is 0.435 e. The van der Waals surface area contributed by atoms with E-state index in [2.05, 4.69) is 20.2 Å². The third-order valence-corrected chi connectivity index (χ3v) is 3.32. The normalized spacial score (nSPS) is 11.0. The van der Waals surface area contributed by atoms with Gasteiger partial charge in [0.1, 0.15) is 5.69 Å². The van der Waals surface area contributed by atoms with Crippen LogP contribution in [0.1, 0.15) is 26.3 Å². The number of aromatic nitrogens is 2. The highest BCUT2D eigenvalue weighted by molar-refractivity contribution is 6.32. The van der Waals surface area contributed by atoms with Crippen LogP contribution in [0.5, 0.6) is 11.6 Å². The van der Waals surface area contributed by atoms with Crippen molar-refractivity contribution in [2.45, 2.75) is 26.2 Å². The fraction of sp³-hybridized carbons (Fsp3) is 0.286. The maximum Gasteiger partial charge on any atom is 0.248 e. The van der Waals surface area contributed by atoms with Gasteiger partial charge in [-0.25, -0.2) is 0 Å². The van der Waals surface area contributed by atoms with Gasteiger partial charge < -0.3 is 4.74 Å². The lowest BCUT2D eigenvalue weighted by Crippen LogP contribution is -2.13. The molecule has 0 aliphatic carbocycles. The standard InChI is InChI=1S/C14H13Cl2N5O/c1-14(2,3)8-5-4-6-9(15)12(8)22-13-10(18-21-17)7-11(16)19-20-13/h4-7H,1-3H3. The molecule has 0 atom stereocenters. The van der Waals surface area contributed by atoms with Crippen molar-refractivity contribution in [2.24, 2.45) is 5.11 Å². The molecule has 0 unspecified atom stereocenters. The van der Waals surface area contributed by atoms with Crippen molar-refractivity contribution in [3.05, 3.63) is 50.4 Å². The molecular weight excluding hydrogens is 325 g/mol. The van der Waals surface area contributed by atoms with Crippen molar-refractivity contribution in [1.29, 1.82) is 0 Å². The van der Waals surface area contributed by atoms with E-state index in [0.29, 0.717) is 10.8 Å². The molecule has 8 heteroatoms. The SMILES string of the molecule is CC(C)(C)c1cccc(Cl)c1Oc1nnc(Cl)cc1N=[N+]=[N-]. The van der Waals surface area contributed by atoms with E-state index >= 15 is 0 Å². The highest BCUT2D eigenvalue weighted by atomic mass is 35.5. The van der Waals surface area contributed by atoms with Crippen LogP contribution in [0.25, 0.3) is 10.4 Å². The van der Waals surface area contributed by atoms with Crippen molar-refractivity contribution in [3.8, 4) is 11.6 Å². The Hall–Kier alpha value is -2.01. The van der Waals surface area contributed by atoms with Crippen LogP contribution in [-0.4, -0.2) is 10.2 Å². The fourth-order valence-electron chi connectivity index (χ4n) is 1.84. The Kier molecular flexibility index (Phi) is 4.76. The molecule has 2 aromatic rings. The average molecular weight is 338 g/mol. The van der Waals surface area contributed by atoms with E-state index in [1.54, 1.807) is 6.07 Å². The zero-order chi connectivity index (χ0) is 16.3. The van der Waals surface area contributed by atoms with Gasteiger partial charge in [-0.05, 0) is 23.1 Å². The lowest BCUT2D eigenvalue weighted by Gasteiger charge is -2.23. The Morgan fingerprint density at radius 3 is 2.59 bits per heavy atom. The number of benzene rings is 1. The second-order valence-electron chi connectivity index (χ2n) is 5.52. The first-order valence-electron chi connectivity index (χ1n) is 6.38. The zero-order valence-electron chi connectivity index (χ0n) is 12.2. The minimum atomic E-state index is -0.196. The maximum absolute atomic E-state index is 8.63. The molecule has 6 nitrogen and oxygen atoms in total. The monoisotopic (exact) mass is 337 g/mol. The minimum absolute atomic E-state index is 0.0424. The first kappa shape index (κ1) is 16.4. The number of nitrogens with zero attached hydrogens (tertiary/aromatic N) is 5. The molecular formula is C14H13Cl2N5O. The van der Waals surface area contributed by atoms with Gasteiger partial charge in [-0.1, -0.05) is 61.2 Å². The predicted molar refractivity (Wildman–Crippen MR) is 86.1 cm³/mol. The summed E-state index contributed by atoms with van der Waals surface area (Å²) in [5.41, 5.74) is 9.46. The number of azide groups is 1. The molecule has 0 N–H and O–H groups in total. The van der Waals surface area contributed by atoms with E-state index in [0.717, 1.165) is 5.56 Å². The molecule has 114 valence electrons. The molecule has 0 saturated carbocycles. The summed E-state index contributed by atoms with van der Waals surface area (Å²) in [7, 11) is 0. The van der Waals surface area contributed by atoms with E-state index in [-0.39, 0.29) is 22.1 Å². The van der Waals surface area contributed by atoms with E-state index in [9.17, 15) is 0 Å². The topological polar surface area (TPSA) is 83.8 Å². The molecule has 0 saturated heterocycles. The Bertz CT molecular complexity index is 751. The number of rotatable bonds is 3. The molecule has 0 aliphatic heterocycles. The highest BCUT2D eigenvalue weighted by Gasteiger charge is 2.22.